The first-order valence-corrected chi connectivity index (χ1v) is 13.9. The van der Waals surface area contributed by atoms with Gasteiger partial charge in [-0.1, -0.05) is 46.9 Å². The summed E-state index contributed by atoms with van der Waals surface area (Å²) in [7, 11) is 0. The average molecular weight is 585 g/mol. The zero-order valence-corrected chi connectivity index (χ0v) is 22.9. The number of fused-ring (bicyclic) bond motifs is 1. The van der Waals surface area contributed by atoms with Gasteiger partial charge in [-0.3, -0.25) is 0 Å². The Kier molecular flexibility index (Phi) is 6.74. The lowest BCUT2D eigenvalue weighted by Gasteiger charge is -2.28. The second-order valence-corrected chi connectivity index (χ2v) is 11.4. The first-order chi connectivity index (χ1) is 18.4. The molecule has 4 heterocycles. The van der Waals surface area contributed by atoms with Crippen LogP contribution in [0.15, 0.2) is 48.5 Å². The lowest BCUT2D eigenvalue weighted by Crippen LogP contribution is -2.29. The van der Waals surface area contributed by atoms with E-state index >= 15 is 0 Å². The van der Waals surface area contributed by atoms with Gasteiger partial charge in [0.2, 0.25) is 0 Å². The summed E-state index contributed by atoms with van der Waals surface area (Å²) in [4.78, 5) is 16.5. The largest absolute Gasteiger partial charge is 0.476 e. The highest BCUT2D eigenvalue weighted by Crippen LogP contribution is 2.36. The second kappa shape index (κ2) is 10.2. The summed E-state index contributed by atoms with van der Waals surface area (Å²) in [6.45, 7) is 2.21. The van der Waals surface area contributed by atoms with Gasteiger partial charge >= 0.3 is 5.97 Å². The van der Waals surface area contributed by atoms with Gasteiger partial charge in [0.1, 0.15) is 0 Å². The summed E-state index contributed by atoms with van der Waals surface area (Å²) in [5.41, 5.74) is 2.88. The molecule has 5 aromatic rings. The molecule has 0 saturated carbocycles. The molecule has 7 nitrogen and oxygen atoms in total. The maximum absolute atomic E-state index is 12.1. The standard InChI is InChI=1S/C27H20Cl3N5O2S/c28-16-12-20(29)23(21(30)13-16)26-32-31-25-19(24(27(36)37)33-35(25)26)14-18-8-9-22(38-18)15-4-6-17(7-5-15)34-10-2-1-3-11-34/h4-9,12-14H,1-3,10-11H2,(H,36,37)/b19-14-. The molecule has 0 spiro atoms. The zero-order chi connectivity index (χ0) is 26.4. The van der Waals surface area contributed by atoms with Crippen molar-refractivity contribution in [2.24, 2.45) is 0 Å². The molecular weight excluding hydrogens is 565 g/mol. The van der Waals surface area contributed by atoms with Gasteiger partial charge < -0.3 is 10.0 Å². The molecule has 3 aromatic heterocycles. The Labute approximate surface area is 236 Å². The van der Waals surface area contributed by atoms with E-state index in [9.17, 15) is 9.90 Å². The molecule has 38 heavy (non-hydrogen) atoms. The molecule has 0 aliphatic carbocycles. The minimum absolute atomic E-state index is 0.141. The molecule has 0 atom stereocenters. The number of carbonyl (C=O) groups is 1. The van der Waals surface area contributed by atoms with Gasteiger partial charge in [-0.2, -0.15) is 9.61 Å². The van der Waals surface area contributed by atoms with Crippen molar-refractivity contribution in [2.45, 2.75) is 19.3 Å². The van der Waals surface area contributed by atoms with Crippen molar-refractivity contribution in [1.29, 1.82) is 0 Å². The smallest absolute Gasteiger partial charge is 0.357 e. The maximum atomic E-state index is 12.1. The van der Waals surface area contributed by atoms with Gasteiger partial charge in [-0.05, 0) is 67.3 Å². The van der Waals surface area contributed by atoms with Crippen LogP contribution in [0, 0.1) is 0 Å². The summed E-state index contributed by atoms with van der Waals surface area (Å²) >= 11 is 20.4. The highest BCUT2D eigenvalue weighted by atomic mass is 35.5. The van der Waals surface area contributed by atoms with Crippen LogP contribution < -0.4 is 10.1 Å². The molecule has 0 bridgehead atoms. The molecule has 1 aliphatic heterocycles. The SMILES string of the molecule is O=C(O)c1nn2c(-c3c(Cl)cc(Cl)cc3Cl)nnc2/c1=C\c1ccc(-c2ccc(N3CCCCC3)cc2)s1. The molecule has 0 amide bonds. The number of carboxylic acid groups (broad SMARTS) is 1. The predicted octanol–water partition coefficient (Wildman–Crippen LogP) is 6.72. The summed E-state index contributed by atoms with van der Waals surface area (Å²) in [5.74, 6) is -0.944. The van der Waals surface area contributed by atoms with Crippen molar-refractivity contribution in [3.8, 4) is 21.8 Å². The van der Waals surface area contributed by atoms with E-state index in [0.717, 1.165) is 28.4 Å². The fourth-order valence-corrected chi connectivity index (χ4v) is 6.66. The summed E-state index contributed by atoms with van der Waals surface area (Å²) < 4.78 is 1.35. The quantitative estimate of drug-likeness (QED) is 0.247. The van der Waals surface area contributed by atoms with Crippen molar-refractivity contribution in [3.63, 3.8) is 0 Å². The Hall–Kier alpha value is -3.17. The van der Waals surface area contributed by atoms with Gasteiger partial charge in [-0.25, -0.2) is 4.79 Å². The predicted molar refractivity (Wildman–Crippen MR) is 153 cm³/mol. The Morgan fingerprint density at radius 2 is 1.66 bits per heavy atom. The molecule has 0 unspecified atom stereocenters. The number of hydrogen-bond donors (Lipinski definition) is 1. The number of aromatic carboxylic acids is 1. The van der Waals surface area contributed by atoms with Crippen LogP contribution in [-0.4, -0.2) is 44.0 Å². The number of anilines is 1. The maximum Gasteiger partial charge on any atom is 0.357 e. The van der Waals surface area contributed by atoms with E-state index in [-0.39, 0.29) is 21.6 Å². The molecule has 1 aliphatic rings. The van der Waals surface area contributed by atoms with Crippen LogP contribution in [0.5, 0.6) is 0 Å². The molecule has 11 heteroatoms. The Morgan fingerprint density at radius 3 is 2.34 bits per heavy atom. The Balaban J connectivity index is 1.38. The average Bonchev–Trinajstić information content (AvgIpc) is 3.62. The van der Waals surface area contributed by atoms with Crippen LogP contribution in [0.2, 0.25) is 15.1 Å². The number of benzene rings is 2. The number of aromatic nitrogens is 4. The highest BCUT2D eigenvalue weighted by Gasteiger charge is 2.23. The van der Waals surface area contributed by atoms with E-state index in [2.05, 4.69) is 44.5 Å². The van der Waals surface area contributed by atoms with Crippen LogP contribution in [0.3, 0.4) is 0 Å². The van der Waals surface area contributed by atoms with Crippen LogP contribution in [0.25, 0.3) is 33.6 Å². The third-order valence-electron chi connectivity index (χ3n) is 6.56. The number of nitrogens with zero attached hydrogens (tertiary/aromatic N) is 5. The minimum Gasteiger partial charge on any atom is -0.476 e. The van der Waals surface area contributed by atoms with Crippen LogP contribution in [-0.2, 0) is 0 Å². The van der Waals surface area contributed by atoms with Crippen molar-refractivity contribution in [1.82, 2.24) is 19.8 Å². The molecular formula is C27H20Cl3N5O2S. The van der Waals surface area contributed by atoms with Crippen LogP contribution >= 0.6 is 46.1 Å². The zero-order valence-electron chi connectivity index (χ0n) is 19.9. The van der Waals surface area contributed by atoms with E-state index < -0.39 is 5.97 Å². The van der Waals surface area contributed by atoms with Gasteiger partial charge in [0.05, 0.1) is 20.8 Å². The highest BCUT2D eigenvalue weighted by molar-refractivity contribution is 7.16. The molecule has 192 valence electrons. The summed E-state index contributed by atoms with van der Waals surface area (Å²) in [6, 6.07) is 15.7. The fraction of sp³-hybridized carbons (Fsp3) is 0.185. The number of carboxylic acids is 1. The van der Waals surface area contributed by atoms with Crippen molar-refractivity contribution >= 4 is 69.5 Å². The van der Waals surface area contributed by atoms with E-state index in [1.807, 2.05) is 12.1 Å². The lowest BCUT2D eigenvalue weighted by atomic mass is 10.1. The molecule has 6 rings (SSSR count). The first-order valence-electron chi connectivity index (χ1n) is 12.0. The second-order valence-electron chi connectivity index (χ2n) is 9.01. The third kappa shape index (κ3) is 4.62. The van der Waals surface area contributed by atoms with Crippen LogP contribution in [0.1, 0.15) is 34.6 Å². The Morgan fingerprint density at radius 1 is 0.947 bits per heavy atom. The van der Waals surface area contributed by atoms with Crippen molar-refractivity contribution in [3.05, 3.63) is 79.4 Å². The van der Waals surface area contributed by atoms with Crippen molar-refractivity contribution in [2.75, 3.05) is 18.0 Å². The topological polar surface area (TPSA) is 83.6 Å². The van der Waals surface area contributed by atoms with Gasteiger partial charge in [0.25, 0.3) is 0 Å². The van der Waals surface area contributed by atoms with E-state index in [0.29, 0.717) is 21.5 Å². The number of thiophene rings is 1. The first kappa shape index (κ1) is 25.1. The van der Waals surface area contributed by atoms with Gasteiger partial charge in [0, 0.05) is 33.6 Å². The number of rotatable bonds is 5. The lowest BCUT2D eigenvalue weighted by molar-refractivity contribution is 0.0689. The van der Waals surface area contributed by atoms with Crippen LogP contribution in [0.4, 0.5) is 5.69 Å². The summed E-state index contributed by atoms with van der Waals surface area (Å²) in [6.07, 6.45) is 5.55. The number of piperidine rings is 1. The molecule has 1 N–H and O–H groups in total. The van der Waals surface area contributed by atoms with Gasteiger partial charge in [0.15, 0.2) is 17.2 Å². The van der Waals surface area contributed by atoms with E-state index in [1.54, 1.807) is 17.4 Å². The van der Waals surface area contributed by atoms with Gasteiger partial charge in [-0.15, -0.1) is 21.5 Å². The number of hydrogen-bond acceptors (Lipinski definition) is 6. The van der Waals surface area contributed by atoms with E-state index in [1.165, 1.54) is 41.6 Å². The third-order valence-corrected chi connectivity index (χ3v) is 8.45. The molecule has 0 radical (unpaired) electrons. The minimum atomic E-state index is -1.17. The fourth-order valence-electron chi connectivity index (χ4n) is 4.72. The summed E-state index contributed by atoms with van der Waals surface area (Å²) in [5, 5.41) is 23.8. The van der Waals surface area contributed by atoms with Crippen molar-refractivity contribution < 1.29 is 9.90 Å². The van der Waals surface area contributed by atoms with E-state index in [4.69, 9.17) is 34.8 Å². The normalized spacial score (nSPS) is 14.5. The molecule has 1 saturated heterocycles. The monoisotopic (exact) mass is 583 g/mol. The molecule has 1 fully saturated rings. The molecule has 2 aromatic carbocycles. The Bertz CT molecular complexity index is 1700. The number of halogens is 3.